The Hall–Kier alpha value is -3.52. The first-order valence-electron chi connectivity index (χ1n) is 11.2. The predicted octanol–water partition coefficient (Wildman–Crippen LogP) is 5.88. The zero-order valence-corrected chi connectivity index (χ0v) is 20.7. The highest BCUT2D eigenvalue weighted by molar-refractivity contribution is 9.10. The number of nitrogens with zero attached hydrogens (tertiary/aromatic N) is 1. The number of rotatable bonds is 3. The van der Waals surface area contributed by atoms with Crippen LogP contribution in [0.15, 0.2) is 59.1 Å². The summed E-state index contributed by atoms with van der Waals surface area (Å²) < 4.78 is 20.5. The number of hydrogen-bond acceptors (Lipinski definition) is 4. The Balaban J connectivity index is 1.43. The molecule has 1 atom stereocenters. The number of benzene rings is 3. The van der Waals surface area contributed by atoms with Gasteiger partial charge in [0.2, 0.25) is 5.91 Å². The van der Waals surface area contributed by atoms with Crippen LogP contribution in [0.1, 0.15) is 46.5 Å². The zero-order valence-electron chi connectivity index (χ0n) is 19.1. The van der Waals surface area contributed by atoms with Gasteiger partial charge in [-0.3, -0.25) is 9.59 Å². The lowest BCUT2D eigenvalue weighted by atomic mass is 9.85. The highest BCUT2D eigenvalue weighted by atomic mass is 79.9. The predicted molar refractivity (Wildman–Crippen MR) is 133 cm³/mol. The maximum absolute atomic E-state index is 14.4. The molecule has 1 unspecified atom stereocenters. The summed E-state index contributed by atoms with van der Waals surface area (Å²) in [6, 6.07) is 15.8. The number of fused-ring (bicyclic) bond motifs is 4. The van der Waals surface area contributed by atoms with Gasteiger partial charge in [-0.25, -0.2) is 9.18 Å². The largest absolute Gasteiger partial charge is 0.436 e. The standard InChI is InChI=1S/C27H22BrFN2O4/c1-14(32)30-21-13-20(29)24(28)19-11-12-22(25(33)23(19)21)31(2)27(34)35-26-17-9-5-3-7-15(17)16-8-4-6-10-18(16)26/h3-10,13,22,26H,11-12H2,1-2H3,(H,30,32). The molecule has 0 aromatic heterocycles. The van der Waals surface area contributed by atoms with Crippen molar-refractivity contribution < 1.29 is 23.5 Å². The van der Waals surface area contributed by atoms with Crippen LogP contribution in [0.25, 0.3) is 11.1 Å². The molecule has 0 heterocycles. The van der Waals surface area contributed by atoms with E-state index in [2.05, 4.69) is 21.2 Å². The fourth-order valence-electron chi connectivity index (χ4n) is 4.98. The number of hydrogen-bond donors (Lipinski definition) is 1. The number of ketones is 1. The van der Waals surface area contributed by atoms with Crippen molar-refractivity contribution in [1.29, 1.82) is 0 Å². The minimum Gasteiger partial charge on any atom is -0.436 e. The van der Waals surface area contributed by atoms with Crippen LogP contribution in [0.3, 0.4) is 0 Å². The molecule has 0 radical (unpaired) electrons. The van der Waals surface area contributed by atoms with E-state index in [-0.39, 0.29) is 21.5 Å². The lowest BCUT2D eigenvalue weighted by molar-refractivity contribution is -0.114. The summed E-state index contributed by atoms with van der Waals surface area (Å²) in [5, 5.41) is 2.55. The number of carbonyl (C=O) groups is 3. The van der Waals surface area contributed by atoms with Crippen molar-refractivity contribution in [3.8, 4) is 11.1 Å². The zero-order chi connectivity index (χ0) is 24.9. The van der Waals surface area contributed by atoms with Gasteiger partial charge in [0.1, 0.15) is 5.82 Å². The van der Waals surface area contributed by atoms with Gasteiger partial charge >= 0.3 is 6.09 Å². The Morgan fingerprint density at radius 3 is 2.29 bits per heavy atom. The summed E-state index contributed by atoms with van der Waals surface area (Å²) in [6.07, 6.45) is -0.563. The van der Waals surface area contributed by atoms with Gasteiger partial charge in [-0.1, -0.05) is 48.5 Å². The first-order chi connectivity index (χ1) is 16.8. The molecule has 5 rings (SSSR count). The number of nitrogens with one attached hydrogen (secondary N) is 1. The molecule has 0 saturated carbocycles. The fraction of sp³-hybridized carbons (Fsp3) is 0.222. The summed E-state index contributed by atoms with van der Waals surface area (Å²) in [4.78, 5) is 39.8. The maximum atomic E-state index is 14.4. The second-order valence-electron chi connectivity index (χ2n) is 8.72. The van der Waals surface area contributed by atoms with Crippen LogP contribution < -0.4 is 5.32 Å². The van der Waals surface area contributed by atoms with Crippen LogP contribution in [-0.4, -0.2) is 35.8 Å². The van der Waals surface area contributed by atoms with E-state index in [0.717, 1.165) is 28.3 Å². The minimum absolute atomic E-state index is 0.100. The van der Waals surface area contributed by atoms with E-state index in [0.29, 0.717) is 18.4 Å². The van der Waals surface area contributed by atoms with Crippen LogP contribution in [-0.2, 0) is 16.0 Å². The molecule has 2 amide bonds. The second-order valence-corrected chi connectivity index (χ2v) is 9.52. The lowest BCUT2D eigenvalue weighted by Gasteiger charge is -2.32. The maximum Gasteiger partial charge on any atom is 0.411 e. The molecule has 0 bridgehead atoms. The second kappa shape index (κ2) is 8.92. The number of anilines is 1. The number of ether oxygens (including phenoxy) is 1. The van der Waals surface area contributed by atoms with Gasteiger partial charge in [0.15, 0.2) is 11.9 Å². The molecular formula is C27H22BrFN2O4. The molecule has 0 fully saturated rings. The van der Waals surface area contributed by atoms with E-state index in [4.69, 9.17) is 4.74 Å². The number of Topliss-reactive ketones (excluding diaryl/α,β-unsaturated/α-hetero) is 1. The van der Waals surface area contributed by atoms with Gasteiger partial charge in [0.05, 0.1) is 16.2 Å². The Morgan fingerprint density at radius 1 is 1.09 bits per heavy atom. The van der Waals surface area contributed by atoms with Crippen LogP contribution in [0.2, 0.25) is 0 Å². The van der Waals surface area contributed by atoms with E-state index in [9.17, 15) is 18.8 Å². The molecule has 0 saturated heterocycles. The molecule has 178 valence electrons. The quantitative estimate of drug-likeness (QED) is 0.453. The Morgan fingerprint density at radius 2 is 1.69 bits per heavy atom. The normalized spacial score (nSPS) is 16.2. The number of amides is 2. The van der Waals surface area contributed by atoms with E-state index >= 15 is 0 Å². The first kappa shape index (κ1) is 23.2. The smallest absolute Gasteiger partial charge is 0.411 e. The van der Waals surface area contributed by atoms with Crippen LogP contribution in [0.5, 0.6) is 0 Å². The van der Waals surface area contributed by atoms with Gasteiger partial charge in [0.25, 0.3) is 0 Å². The van der Waals surface area contributed by atoms with Crippen molar-refractivity contribution in [3.63, 3.8) is 0 Å². The van der Waals surface area contributed by atoms with Crippen molar-refractivity contribution >= 4 is 39.4 Å². The summed E-state index contributed by atoms with van der Waals surface area (Å²) in [5.41, 5.74) is 4.60. The summed E-state index contributed by atoms with van der Waals surface area (Å²) in [6.45, 7) is 1.29. The molecule has 35 heavy (non-hydrogen) atoms. The Labute approximate surface area is 210 Å². The summed E-state index contributed by atoms with van der Waals surface area (Å²) >= 11 is 3.22. The molecular weight excluding hydrogens is 515 g/mol. The van der Waals surface area contributed by atoms with Crippen LogP contribution in [0.4, 0.5) is 14.9 Å². The number of halogens is 2. The molecule has 0 spiro atoms. The van der Waals surface area contributed by atoms with E-state index in [1.807, 2.05) is 48.5 Å². The van der Waals surface area contributed by atoms with Crippen LogP contribution >= 0.6 is 15.9 Å². The van der Waals surface area contributed by atoms with Gasteiger partial charge in [-0.2, -0.15) is 0 Å². The van der Waals surface area contributed by atoms with Crippen LogP contribution in [0, 0.1) is 5.82 Å². The third-order valence-electron chi connectivity index (χ3n) is 6.60. The molecule has 3 aromatic rings. The molecule has 0 aliphatic heterocycles. The van der Waals surface area contributed by atoms with Crippen molar-refractivity contribution in [2.75, 3.05) is 12.4 Å². The third kappa shape index (κ3) is 3.91. The highest BCUT2D eigenvalue weighted by Gasteiger charge is 2.39. The van der Waals surface area contributed by atoms with E-state index < -0.39 is 30.0 Å². The SMILES string of the molecule is CC(=O)Nc1cc(F)c(Br)c2c1C(=O)C(N(C)C(=O)OC1c3ccccc3-c3ccccc31)CC2. The number of likely N-dealkylation sites (N-methyl/N-ethyl adjacent to an activating group) is 1. The van der Waals surface area contributed by atoms with Crippen molar-refractivity contribution in [1.82, 2.24) is 4.90 Å². The molecule has 6 nitrogen and oxygen atoms in total. The molecule has 2 aliphatic carbocycles. The first-order valence-corrected chi connectivity index (χ1v) is 12.0. The third-order valence-corrected chi connectivity index (χ3v) is 7.45. The van der Waals surface area contributed by atoms with Gasteiger partial charge < -0.3 is 15.0 Å². The van der Waals surface area contributed by atoms with Crippen molar-refractivity contribution in [3.05, 3.63) is 87.1 Å². The summed E-state index contributed by atoms with van der Waals surface area (Å²) in [7, 11) is 1.53. The topological polar surface area (TPSA) is 75.7 Å². The van der Waals surface area contributed by atoms with Crippen molar-refractivity contribution in [2.24, 2.45) is 0 Å². The number of carbonyl (C=O) groups excluding carboxylic acids is 3. The van der Waals surface area contributed by atoms with E-state index in [1.165, 1.54) is 18.9 Å². The van der Waals surface area contributed by atoms with Crippen molar-refractivity contribution in [2.45, 2.75) is 31.9 Å². The monoisotopic (exact) mass is 536 g/mol. The molecule has 3 aromatic carbocycles. The molecule has 2 aliphatic rings. The summed E-state index contributed by atoms with van der Waals surface area (Å²) in [5.74, 6) is -1.36. The Kier molecular flexibility index (Phi) is 5.92. The fourth-order valence-corrected chi connectivity index (χ4v) is 5.49. The van der Waals surface area contributed by atoms with Gasteiger partial charge in [0, 0.05) is 30.7 Å². The Bertz CT molecular complexity index is 1340. The van der Waals surface area contributed by atoms with Gasteiger partial charge in [-0.05, 0) is 51.5 Å². The van der Waals surface area contributed by atoms with Gasteiger partial charge in [-0.15, -0.1) is 0 Å². The minimum atomic E-state index is -0.813. The van der Waals surface area contributed by atoms with E-state index in [1.54, 1.807) is 0 Å². The molecule has 8 heteroatoms. The average molecular weight is 537 g/mol. The highest BCUT2D eigenvalue weighted by Crippen LogP contribution is 2.45. The molecule has 1 N–H and O–H groups in total. The average Bonchev–Trinajstić information content (AvgIpc) is 3.15. The lowest BCUT2D eigenvalue weighted by Crippen LogP contribution is -2.45.